The molecule has 0 unspecified atom stereocenters. The van der Waals surface area contributed by atoms with Gasteiger partial charge in [-0.2, -0.15) is 5.10 Å². The topological polar surface area (TPSA) is 52.0 Å². The van der Waals surface area contributed by atoms with Crippen LogP contribution in [0.25, 0.3) is 0 Å². The van der Waals surface area contributed by atoms with E-state index in [1.54, 1.807) is 13.3 Å². The van der Waals surface area contributed by atoms with Gasteiger partial charge in [-0.1, -0.05) is 0 Å². The lowest BCUT2D eigenvalue weighted by Gasteiger charge is -2.05. The van der Waals surface area contributed by atoms with Crippen molar-refractivity contribution in [3.63, 3.8) is 0 Å². The second-order valence-electron chi connectivity index (χ2n) is 3.79. The summed E-state index contributed by atoms with van der Waals surface area (Å²) >= 11 is 0. The van der Waals surface area contributed by atoms with E-state index in [0.717, 1.165) is 18.7 Å². The molecule has 0 aliphatic rings. The van der Waals surface area contributed by atoms with Gasteiger partial charge in [0, 0.05) is 25.9 Å². The highest BCUT2D eigenvalue weighted by Gasteiger charge is 1.97. The molecule has 5 heteroatoms. The van der Waals surface area contributed by atoms with Gasteiger partial charge in [-0.05, 0) is 18.1 Å². The molecule has 0 atom stereocenters. The molecule has 0 aromatic carbocycles. The van der Waals surface area contributed by atoms with Crippen LogP contribution in [0.2, 0.25) is 0 Å². The highest BCUT2D eigenvalue weighted by atomic mass is 16.5. The van der Waals surface area contributed by atoms with Gasteiger partial charge in [-0.15, -0.1) is 0 Å². The highest BCUT2D eigenvalue weighted by Crippen LogP contribution is 2.10. The van der Waals surface area contributed by atoms with E-state index in [1.807, 2.05) is 36.3 Å². The fourth-order valence-electron chi connectivity index (χ4n) is 1.56. The van der Waals surface area contributed by atoms with Gasteiger partial charge in [0.05, 0.1) is 25.2 Å². The molecule has 2 aromatic rings. The summed E-state index contributed by atoms with van der Waals surface area (Å²) in [4.78, 5) is 4.13. The molecule has 1 N–H and O–H groups in total. The van der Waals surface area contributed by atoms with E-state index in [1.165, 1.54) is 5.56 Å². The van der Waals surface area contributed by atoms with E-state index in [9.17, 15) is 0 Å². The largest absolute Gasteiger partial charge is 0.481 e. The Balaban J connectivity index is 1.81. The molecule has 0 aliphatic carbocycles. The van der Waals surface area contributed by atoms with Gasteiger partial charge in [0.25, 0.3) is 0 Å². The second-order valence-corrected chi connectivity index (χ2v) is 3.79. The van der Waals surface area contributed by atoms with Crippen molar-refractivity contribution in [3.05, 3.63) is 36.3 Å². The van der Waals surface area contributed by atoms with E-state index in [4.69, 9.17) is 4.74 Å². The molecule has 0 saturated heterocycles. The Morgan fingerprint density at radius 3 is 2.82 bits per heavy atom. The Hall–Kier alpha value is -2.04. The first-order chi connectivity index (χ1) is 8.28. The molecule has 0 saturated carbocycles. The maximum atomic E-state index is 5.00. The summed E-state index contributed by atoms with van der Waals surface area (Å²) in [5.74, 6) is 0.628. The summed E-state index contributed by atoms with van der Waals surface area (Å²) in [6, 6.07) is 3.79. The molecule has 90 valence electrons. The Morgan fingerprint density at radius 2 is 2.24 bits per heavy atom. The first-order valence-corrected chi connectivity index (χ1v) is 5.49. The lowest BCUT2D eigenvalue weighted by molar-refractivity contribution is 0.398. The van der Waals surface area contributed by atoms with Crippen molar-refractivity contribution in [1.29, 1.82) is 0 Å². The average molecular weight is 232 g/mol. The zero-order valence-corrected chi connectivity index (χ0v) is 10.1. The molecule has 17 heavy (non-hydrogen) atoms. The van der Waals surface area contributed by atoms with Gasteiger partial charge in [0.15, 0.2) is 0 Å². The lowest BCUT2D eigenvalue weighted by Crippen LogP contribution is -2.04. The monoisotopic (exact) mass is 232 g/mol. The van der Waals surface area contributed by atoms with Crippen molar-refractivity contribution < 1.29 is 4.74 Å². The third-order valence-electron chi connectivity index (χ3n) is 2.45. The minimum absolute atomic E-state index is 0.628. The zero-order chi connectivity index (χ0) is 12.1. The summed E-state index contributed by atoms with van der Waals surface area (Å²) in [5, 5.41) is 7.42. The van der Waals surface area contributed by atoms with Crippen LogP contribution in [0.3, 0.4) is 0 Å². The average Bonchev–Trinajstić information content (AvgIpc) is 2.76. The SMILES string of the molecule is COc1ccc(NCCc2cnn(C)c2)cn1. The summed E-state index contributed by atoms with van der Waals surface area (Å²) in [7, 11) is 3.53. The molecule has 0 spiro atoms. The van der Waals surface area contributed by atoms with Gasteiger partial charge < -0.3 is 10.1 Å². The van der Waals surface area contributed by atoms with Gasteiger partial charge in [0.1, 0.15) is 0 Å². The fourth-order valence-corrected chi connectivity index (χ4v) is 1.56. The number of anilines is 1. The van der Waals surface area contributed by atoms with Crippen molar-refractivity contribution in [2.24, 2.45) is 7.05 Å². The van der Waals surface area contributed by atoms with E-state index < -0.39 is 0 Å². The predicted octanol–water partition coefficient (Wildman–Crippen LogP) is 1.48. The van der Waals surface area contributed by atoms with Crippen molar-refractivity contribution in [1.82, 2.24) is 14.8 Å². The molecule has 2 aromatic heterocycles. The molecule has 5 nitrogen and oxygen atoms in total. The van der Waals surface area contributed by atoms with Crippen molar-refractivity contribution >= 4 is 5.69 Å². The maximum Gasteiger partial charge on any atom is 0.213 e. The Bertz CT molecular complexity index is 464. The van der Waals surface area contributed by atoms with Crippen LogP contribution in [-0.4, -0.2) is 28.4 Å². The number of pyridine rings is 1. The maximum absolute atomic E-state index is 5.00. The minimum atomic E-state index is 0.628. The van der Waals surface area contributed by atoms with Crippen molar-refractivity contribution in [3.8, 4) is 5.88 Å². The molecule has 0 fully saturated rings. The van der Waals surface area contributed by atoms with E-state index in [2.05, 4.69) is 15.4 Å². The molecular formula is C12H16N4O. The van der Waals surface area contributed by atoms with E-state index >= 15 is 0 Å². The molecule has 2 heterocycles. The van der Waals surface area contributed by atoms with Crippen LogP contribution < -0.4 is 10.1 Å². The van der Waals surface area contributed by atoms with Crippen LogP contribution in [0.5, 0.6) is 5.88 Å². The standard InChI is InChI=1S/C12H16N4O/c1-16-9-10(7-15-16)5-6-13-11-3-4-12(17-2)14-8-11/h3-4,7-9,13H,5-6H2,1-2H3. The molecular weight excluding hydrogens is 216 g/mol. The summed E-state index contributed by atoms with van der Waals surface area (Å²) in [6.45, 7) is 0.861. The third kappa shape index (κ3) is 3.21. The molecule has 0 radical (unpaired) electrons. The first kappa shape index (κ1) is 11.4. The zero-order valence-electron chi connectivity index (χ0n) is 10.1. The second kappa shape index (κ2) is 5.34. The highest BCUT2D eigenvalue weighted by molar-refractivity contribution is 5.42. The van der Waals surface area contributed by atoms with Crippen LogP contribution in [0.15, 0.2) is 30.7 Å². The number of nitrogens with one attached hydrogen (secondary N) is 1. The number of rotatable bonds is 5. The predicted molar refractivity (Wildman–Crippen MR) is 66.2 cm³/mol. The van der Waals surface area contributed by atoms with Gasteiger partial charge in [-0.3, -0.25) is 4.68 Å². The van der Waals surface area contributed by atoms with Crippen molar-refractivity contribution in [2.45, 2.75) is 6.42 Å². The quantitative estimate of drug-likeness (QED) is 0.848. The Morgan fingerprint density at radius 1 is 1.35 bits per heavy atom. The smallest absolute Gasteiger partial charge is 0.213 e. The number of nitrogens with zero attached hydrogens (tertiary/aromatic N) is 3. The normalized spacial score (nSPS) is 10.2. The number of aryl methyl sites for hydroxylation is 1. The molecule has 0 bridgehead atoms. The van der Waals surface area contributed by atoms with Gasteiger partial charge in [0.2, 0.25) is 5.88 Å². The minimum Gasteiger partial charge on any atom is -0.481 e. The van der Waals surface area contributed by atoms with Gasteiger partial charge in [-0.25, -0.2) is 4.98 Å². The number of ether oxygens (including phenoxy) is 1. The number of hydrogen-bond acceptors (Lipinski definition) is 4. The first-order valence-electron chi connectivity index (χ1n) is 5.49. The molecule has 0 amide bonds. The Kier molecular flexibility index (Phi) is 3.59. The molecule has 2 rings (SSSR count). The summed E-state index contributed by atoms with van der Waals surface area (Å²) < 4.78 is 6.81. The number of methoxy groups -OCH3 is 1. The fraction of sp³-hybridized carbons (Fsp3) is 0.333. The van der Waals surface area contributed by atoms with Crippen LogP contribution >= 0.6 is 0 Å². The molecule has 0 aliphatic heterocycles. The number of aromatic nitrogens is 3. The lowest BCUT2D eigenvalue weighted by atomic mass is 10.2. The van der Waals surface area contributed by atoms with Gasteiger partial charge >= 0.3 is 0 Å². The Labute approximate surface area is 100 Å². The van der Waals surface area contributed by atoms with Crippen LogP contribution in [0, 0.1) is 0 Å². The third-order valence-corrected chi connectivity index (χ3v) is 2.45. The summed E-state index contributed by atoms with van der Waals surface area (Å²) in [5.41, 5.74) is 2.22. The van der Waals surface area contributed by atoms with Crippen LogP contribution in [-0.2, 0) is 13.5 Å². The van der Waals surface area contributed by atoms with Crippen LogP contribution in [0.1, 0.15) is 5.56 Å². The van der Waals surface area contributed by atoms with E-state index in [0.29, 0.717) is 5.88 Å². The van der Waals surface area contributed by atoms with Crippen LogP contribution in [0.4, 0.5) is 5.69 Å². The van der Waals surface area contributed by atoms with Crippen molar-refractivity contribution in [2.75, 3.05) is 19.0 Å². The number of hydrogen-bond donors (Lipinski definition) is 1. The van der Waals surface area contributed by atoms with E-state index in [-0.39, 0.29) is 0 Å². The summed E-state index contributed by atoms with van der Waals surface area (Å²) in [6.07, 6.45) is 6.61.